The fourth-order valence-corrected chi connectivity index (χ4v) is 1.52. The van der Waals surface area contributed by atoms with E-state index < -0.39 is 0 Å². The van der Waals surface area contributed by atoms with Crippen LogP contribution in [0.2, 0.25) is 0 Å². The summed E-state index contributed by atoms with van der Waals surface area (Å²) in [4.78, 5) is 0. The van der Waals surface area contributed by atoms with Crippen molar-refractivity contribution in [1.82, 2.24) is 5.32 Å². The first kappa shape index (κ1) is 4.77. The van der Waals surface area contributed by atoms with Crippen LogP contribution in [-0.2, 0) is 4.74 Å². The summed E-state index contributed by atoms with van der Waals surface area (Å²) in [6.45, 7) is 1.88. The van der Waals surface area contributed by atoms with Crippen LogP contribution in [0.3, 0.4) is 0 Å². The molecule has 2 saturated heterocycles. The molecule has 0 aromatic heterocycles. The molecule has 2 nitrogen and oxygen atoms in total. The standard InChI is InChI=1S/C6H11NO/c1-2-6-4-8-3-5(1)7-6/h5-7H,1-4H2/t5-,6-/m1/s1. The Balaban J connectivity index is 2.03. The van der Waals surface area contributed by atoms with E-state index >= 15 is 0 Å². The molecule has 2 aliphatic rings. The summed E-state index contributed by atoms with van der Waals surface area (Å²) in [6, 6.07) is 1.38. The number of hydrogen-bond acceptors (Lipinski definition) is 2. The van der Waals surface area contributed by atoms with Crippen molar-refractivity contribution in [1.29, 1.82) is 0 Å². The molecule has 46 valence electrons. The predicted octanol–water partition coefficient (Wildman–Crippen LogP) is 0.137. The second kappa shape index (κ2) is 1.71. The number of morpholine rings is 1. The molecule has 0 saturated carbocycles. The molecule has 0 unspecified atom stereocenters. The highest BCUT2D eigenvalue weighted by Gasteiger charge is 2.27. The molecule has 2 heteroatoms. The summed E-state index contributed by atoms with van der Waals surface area (Å²) in [6.07, 6.45) is 2.65. The fraction of sp³-hybridized carbons (Fsp3) is 1.00. The van der Waals surface area contributed by atoms with Crippen LogP contribution in [0, 0.1) is 0 Å². The number of fused-ring (bicyclic) bond motifs is 2. The Bertz CT molecular complexity index is 80.5. The molecule has 2 aliphatic heterocycles. The van der Waals surface area contributed by atoms with Crippen molar-refractivity contribution in [2.24, 2.45) is 0 Å². The third-order valence-electron chi connectivity index (χ3n) is 1.97. The van der Waals surface area contributed by atoms with E-state index in [4.69, 9.17) is 4.74 Å². The minimum absolute atomic E-state index is 0.689. The van der Waals surface area contributed by atoms with Crippen molar-refractivity contribution >= 4 is 0 Å². The average Bonchev–Trinajstić information content (AvgIpc) is 2.12. The van der Waals surface area contributed by atoms with Crippen molar-refractivity contribution in [3.8, 4) is 0 Å². The van der Waals surface area contributed by atoms with Gasteiger partial charge in [0.2, 0.25) is 0 Å². The van der Waals surface area contributed by atoms with Gasteiger partial charge >= 0.3 is 0 Å². The normalized spacial score (nSPS) is 45.0. The Labute approximate surface area is 49.2 Å². The first-order valence-electron chi connectivity index (χ1n) is 3.29. The highest BCUT2D eigenvalue weighted by molar-refractivity contribution is 4.86. The van der Waals surface area contributed by atoms with E-state index in [0.29, 0.717) is 12.1 Å². The fourth-order valence-electron chi connectivity index (χ4n) is 1.52. The SMILES string of the molecule is C1C[C@@H]2COC[C@@H]1N2. The van der Waals surface area contributed by atoms with Gasteiger partial charge in [-0.2, -0.15) is 0 Å². The van der Waals surface area contributed by atoms with Crippen LogP contribution >= 0.6 is 0 Å². The molecule has 0 aromatic rings. The van der Waals surface area contributed by atoms with Crippen LogP contribution in [0.5, 0.6) is 0 Å². The number of nitrogens with one attached hydrogen (secondary N) is 1. The summed E-state index contributed by atoms with van der Waals surface area (Å²) in [5.74, 6) is 0. The van der Waals surface area contributed by atoms with Crippen LogP contribution in [0.1, 0.15) is 12.8 Å². The molecule has 0 spiro atoms. The first-order chi connectivity index (χ1) is 3.95. The van der Waals surface area contributed by atoms with E-state index in [0.717, 1.165) is 13.2 Å². The Kier molecular flexibility index (Phi) is 1.02. The van der Waals surface area contributed by atoms with E-state index in [1.54, 1.807) is 0 Å². The van der Waals surface area contributed by atoms with Gasteiger partial charge in [-0.3, -0.25) is 0 Å². The number of ether oxygens (including phenoxy) is 1. The Hall–Kier alpha value is -0.0800. The van der Waals surface area contributed by atoms with Gasteiger partial charge in [-0.05, 0) is 12.8 Å². The van der Waals surface area contributed by atoms with Gasteiger partial charge in [0.05, 0.1) is 13.2 Å². The third-order valence-corrected chi connectivity index (χ3v) is 1.97. The lowest BCUT2D eigenvalue weighted by Crippen LogP contribution is -2.41. The molecule has 2 atom stereocenters. The second-order valence-electron chi connectivity index (χ2n) is 2.68. The maximum absolute atomic E-state index is 5.29. The zero-order valence-corrected chi connectivity index (χ0v) is 4.89. The Morgan fingerprint density at radius 3 is 2.25 bits per heavy atom. The molecule has 2 bridgehead atoms. The van der Waals surface area contributed by atoms with Crippen LogP contribution in [-0.4, -0.2) is 25.3 Å². The van der Waals surface area contributed by atoms with Gasteiger partial charge in [0.15, 0.2) is 0 Å². The van der Waals surface area contributed by atoms with Gasteiger partial charge in [-0.25, -0.2) is 0 Å². The van der Waals surface area contributed by atoms with E-state index in [2.05, 4.69) is 5.32 Å². The van der Waals surface area contributed by atoms with Gasteiger partial charge in [0, 0.05) is 12.1 Å². The van der Waals surface area contributed by atoms with Crippen molar-refractivity contribution in [2.45, 2.75) is 24.9 Å². The van der Waals surface area contributed by atoms with Crippen LogP contribution < -0.4 is 5.32 Å². The van der Waals surface area contributed by atoms with Gasteiger partial charge < -0.3 is 10.1 Å². The van der Waals surface area contributed by atoms with Crippen molar-refractivity contribution < 1.29 is 4.74 Å². The highest BCUT2D eigenvalue weighted by atomic mass is 16.5. The number of hydrogen-bond donors (Lipinski definition) is 1. The lowest BCUT2D eigenvalue weighted by atomic mass is 10.2. The Morgan fingerprint density at radius 2 is 1.75 bits per heavy atom. The highest BCUT2D eigenvalue weighted by Crippen LogP contribution is 2.16. The molecular weight excluding hydrogens is 102 g/mol. The summed E-state index contributed by atoms with van der Waals surface area (Å²) >= 11 is 0. The van der Waals surface area contributed by atoms with Crippen LogP contribution in [0.15, 0.2) is 0 Å². The second-order valence-corrected chi connectivity index (χ2v) is 2.68. The van der Waals surface area contributed by atoms with Crippen molar-refractivity contribution in [2.75, 3.05) is 13.2 Å². The maximum Gasteiger partial charge on any atom is 0.0620 e. The largest absolute Gasteiger partial charge is 0.378 e. The lowest BCUT2D eigenvalue weighted by molar-refractivity contribution is 0.0728. The molecule has 2 fully saturated rings. The molecule has 0 radical (unpaired) electrons. The minimum atomic E-state index is 0.689. The molecule has 0 amide bonds. The molecule has 1 N–H and O–H groups in total. The van der Waals surface area contributed by atoms with Crippen molar-refractivity contribution in [3.05, 3.63) is 0 Å². The molecule has 0 aromatic carbocycles. The molecular formula is C6H11NO. The summed E-state index contributed by atoms with van der Waals surface area (Å²) < 4.78 is 5.29. The van der Waals surface area contributed by atoms with E-state index in [1.807, 2.05) is 0 Å². The topological polar surface area (TPSA) is 21.3 Å². The summed E-state index contributed by atoms with van der Waals surface area (Å²) in [5, 5.41) is 3.47. The first-order valence-corrected chi connectivity index (χ1v) is 3.29. The minimum Gasteiger partial charge on any atom is -0.378 e. The average molecular weight is 113 g/mol. The maximum atomic E-state index is 5.29. The van der Waals surface area contributed by atoms with Gasteiger partial charge in [0.25, 0.3) is 0 Å². The van der Waals surface area contributed by atoms with Gasteiger partial charge in [-0.15, -0.1) is 0 Å². The number of rotatable bonds is 0. The molecule has 2 heterocycles. The predicted molar refractivity (Wildman–Crippen MR) is 30.8 cm³/mol. The molecule has 8 heavy (non-hydrogen) atoms. The molecule has 0 aliphatic carbocycles. The van der Waals surface area contributed by atoms with E-state index in [-0.39, 0.29) is 0 Å². The lowest BCUT2D eigenvalue weighted by Gasteiger charge is -2.20. The summed E-state index contributed by atoms with van der Waals surface area (Å²) in [7, 11) is 0. The smallest absolute Gasteiger partial charge is 0.0620 e. The van der Waals surface area contributed by atoms with Gasteiger partial charge in [0.1, 0.15) is 0 Å². The van der Waals surface area contributed by atoms with E-state index in [9.17, 15) is 0 Å². The van der Waals surface area contributed by atoms with Gasteiger partial charge in [-0.1, -0.05) is 0 Å². The van der Waals surface area contributed by atoms with E-state index in [1.165, 1.54) is 12.8 Å². The monoisotopic (exact) mass is 113 g/mol. The van der Waals surface area contributed by atoms with Crippen LogP contribution in [0.25, 0.3) is 0 Å². The zero-order chi connectivity index (χ0) is 5.40. The zero-order valence-electron chi connectivity index (χ0n) is 4.89. The quantitative estimate of drug-likeness (QED) is 0.482. The van der Waals surface area contributed by atoms with Crippen molar-refractivity contribution in [3.63, 3.8) is 0 Å². The van der Waals surface area contributed by atoms with Crippen LogP contribution in [0.4, 0.5) is 0 Å². The third kappa shape index (κ3) is 0.644. The molecule has 2 rings (SSSR count). The summed E-state index contributed by atoms with van der Waals surface area (Å²) in [5.41, 5.74) is 0. The Morgan fingerprint density at radius 1 is 1.12 bits per heavy atom.